The molecule has 2 heterocycles. The Kier molecular flexibility index (Phi) is 4.25. The summed E-state index contributed by atoms with van der Waals surface area (Å²) in [6, 6.07) is 5.99. The van der Waals surface area contributed by atoms with E-state index in [2.05, 4.69) is 20.3 Å². The minimum atomic E-state index is -0.986. The molecule has 0 saturated carbocycles. The first kappa shape index (κ1) is 13.2. The lowest BCUT2D eigenvalue weighted by Gasteiger charge is -2.14. The molecule has 6 nitrogen and oxygen atoms in total. The Labute approximate surface area is 114 Å². The summed E-state index contributed by atoms with van der Waals surface area (Å²) >= 11 is 5.72. The maximum atomic E-state index is 11.2. The summed E-state index contributed by atoms with van der Waals surface area (Å²) in [6.45, 7) is 0. The van der Waals surface area contributed by atoms with E-state index in [1.807, 2.05) is 6.07 Å². The molecule has 2 N–H and O–H groups in total. The van der Waals surface area contributed by atoms with Crippen molar-refractivity contribution in [1.29, 1.82) is 0 Å². The Hall–Kier alpha value is -2.21. The third-order valence-electron chi connectivity index (χ3n) is 2.39. The molecule has 98 valence electrons. The number of nitrogens with zero attached hydrogens (tertiary/aromatic N) is 3. The van der Waals surface area contributed by atoms with Gasteiger partial charge in [-0.1, -0.05) is 17.7 Å². The fourth-order valence-electron chi connectivity index (χ4n) is 1.52. The van der Waals surface area contributed by atoms with Crippen molar-refractivity contribution < 1.29 is 9.90 Å². The molecule has 2 rings (SSSR count). The molecule has 0 unspecified atom stereocenters. The summed E-state index contributed by atoms with van der Waals surface area (Å²) in [5.74, 6) is -0.622. The Morgan fingerprint density at radius 2 is 2.21 bits per heavy atom. The maximum absolute atomic E-state index is 11.2. The summed E-state index contributed by atoms with van der Waals surface area (Å²) in [7, 11) is 0. The molecular formula is C12H11ClN4O2. The summed E-state index contributed by atoms with van der Waals surface area (Å²) in [4.78, 5) is 23.0. The summed E-state index contributed by atoms with van der Waals surface area (Å²) in [6.07, 6.45) is 3.14. The molecule has 0 aliphatic carbocycles. The van der Waals surface area contributed by atoms with Crippen LogP contribution < -0.4 is 5.32 Å². The molecule has 0 spiro atoms. The van der Waals surface area contributed by atoms with Gasteiger partial charge in [-0.3, -0.25) is 4.98 Å². The molecule has 2 aromatic heterocycles. The molecule has 1 atom stereocenters. The van der Waals surface area contributed by atoms with Crippen molar-refractivity contribution in [2.24, 2.45) is 0 Å². The fourth-order valence-corrected chi connectivity index (χ4v) is 1.67. The molecule has 0 saturated heterocycles. The second kappa shape index (κ2) is 6.10. The molecule has 0 amide bonds. The smallest absolute Gasteiger partial charge is 0.326 e. The fraction of sp³-hybridized carbons (Fsp3) is 0.167. The zero-order valence-electron chi connectivity index (χ0n) is 9.82. The largest absolute Gasteiger partial charge is 0.480 e. The molecule has 0 fully saturated rings. The predicted molar refractivity (Wildman–Crippen MR) is 70.0 cm³/mol. The van der Waals surface area contributed by atoms with Crippen LogP contribution in [0.2, 0.25) is 5.15 Å². The summed E-state index contributed by atoms with van der Waals surface area (Å²) < 4.78 is 0. The third-order valence-corrected chi connectivity index (χ3v) is 2.60. The lowest BCUT2D eigenvalue weighted by atomic mass is 10.1. The van der Waals surface area contributed by atoms with Crippen LogP contribution in [-0.4, -0.2) is 32.1 Å². The number of halogens is 1. The first-order chi connectivity index (χ1) is 9.15. The van der Waals surface area contributed by atoms with E-state index in [9.17, 15) is 9.90 Å². The molecule has 0 radical (unpaired) electrons. The highest BCUT2D eigenvalue weighted by Crippen LogP contribution is 2.11. The van der Waals surface area contributed by atoms with Crippen molar-refractivity contribution in [2.75, 3.05) is 5.32 Å². The van der Waals surface area contributed by atoms with Crippen LogP contribution in [0, 0.1) is 0 Å². The number of anilines is 1. The van der Waals surface area contributed by atoms with E-state index >= 15 is 0 Å². The Morgan fingerprint density at radius 3 is 2.84 bits per heavy atom. The SMILES string of the molecule is O=C(O)[C@@H](Cc1ccccn1)Nc1cc(Cl)ncn1. The highest BCUT2D eigenvalue weighted by Gasteiger charge is 2.19. The van der Waals surface area contributed by atoms with Gasteiger partial charge < -0.3 is 10.4 Å². The van der Waals surface area contributed by atoms with Gasteiger partial charge in [-0.2, -0.15) is 0 Å². The number of hydrogen-bond donors (Lipinski definition) is 2. The molecule has 0 aliphatic rings. The van der Waals surface area contributed by atoms with Gasteiger partial charge in [0.05, 0.1) is 0 Å². The van der Waals surface area contributed by atoms with E-state index in [4.69, 9.17) is 11.6 Å². The van der Waals surface area contributed by atoms with Crippen molar-refractivity contribution in [3.8, 4) is 0 Å². The molecule has 2 aromatic rings. The molecule has 0 aromatic carbocycles. The van der Waals surface area contributed by atoms with Crippen molar-refractivity contribution >= 4 is 23.4 Å². The van der Waals surface area contributed by atoms with E-state index in [0.29, 0.717) is 11.5 Å². The number of aliphatic carboxylic acids is 1. The Bertz CT molecular complexity index is 565. The third kappa shape index (κ3) is 3.89. The average Bonchev–Trinajstić information content (AvgIpc) is 2.39. The quantitative estimate of drug-likeness (QED) is 0.808. The van der Waals surface area contributed by atoms with Gasteiger partial charge in [0.1, 0.15) is 23.3 Å². The Morgan fingerprint density at radius 1 is 1.37 bits per heavy atom. The molecule has 0 bridgehead atoms. The van der Waals surface area contributed by atoms with E-state index < -0.39 is 12.0 Å². The van der Waals surface area contributed by atoms with Crippen LogP contribution in [0.3, 0.4) is 0 Å². The second-order valence-corrected chi connectivity index (χ2v) is 4.17. The van der Waals surface area contributed by atoms with Crippen LogP contribution in [0.1, 0.15) is 5.69 Å². The van der Waals surface area contributed by atoms with Gasteiger partial charge in [-0.15, -0.1) is 0 Å². The zero-order chi connectivity index (χ0) is 13.7. The number of carboxylic acid groups (broad SMARTS) is 1. The maximum Gasteiger partial charge on any atom is 0.326 e. The zero-order valence-corrected chi connectivity index (χ0v) is 10.6. The van der Waals surface area contributed by atoms with Crippen molar-refractivity contribution in [3.63, 3.8) is 0 Å². The second-order valence-electron chi connectivity index (χ2n) is 3.79. The number of carbonyl (C=O) groups is 1. The number of pyridine rings is 1. The monoisotopic (exact) mass is 278 g/mol. The van der Waals surface area contributed by atoms with Crippen LogP contribution in [0.15, 0.2) is 36.8 Å². The van der Waals surface area contributed by atoms with Crippen molar-refractivity contribution in [3.05, 3.63) is 47.6 Å². The van der Waals surface area contributed by atoms with Crippen LogP contribution in [0.25, 0.3) is 0 Å². The number of aromatic nitrogens is 3. The average molecular weight is 279 g/mol. The predicted octanol–water partition coefficient (Wildman–Crippen LogP) is 1.63. The van der Waals surface area contributed by atoms with Crippen LogP contribution in [-0.2, 0) is 11.2 Å². The number of rotatable bonds is 5. The normalized spacial score (nSPS) is 11.8. The molecule has 0 aliphatic heterocycles. The van der Waals surface area contributed by atoms with E-state index in [1.165, 1.54) is 12.4 Å². The van der Waals surface area contributed by atoms with Gasteiger partial charge in [0.25, 0.3) is 0 Å². The van der Waals surface area contributed by atoms with Gasteiger partial charge in [0.2, 0.25) is 0 Å². The Balaban J connectivity index is 2.11. The van der Waals surface area contributed by atoms with Crippen LogP contribution in [0.4, 0.5) is 5.82 Å². The highest BCUT2D eigenvalue weighted by atomic mass is 35.5. The molecular weight excluding hydrogens is 268 g/mol. The minimum Gasteiger partial charge on any atom is -0.480 e. The minimum absolute atomic E-state index is 0.248. The summed E-state index contributed by atoms with van der Waals surface area (Å²) in [5, 5.41) is 12.2. The van der Waals surface area contributed by atoms with E-state index in [0.717, 1.165) is 0 Å². The molecule has 7 heteroatoms. The van der Waals surface area contributed by atoms with Gasteiger partial charge in [0.15, 0.2) is 0 Å². The number of nitrogens with one attached hydrogen (secondary N) is 1. The van der Waals surface area contributed by atoms with E-state index in [-0.39, 0.29) is 11.6 Å². The summed E-state index contributed by atoms with van der Waals surface area (Å²) in [5.41, 5.74) is 0.683. The molecule has 19 heavy (non-hydrogen) atoms. The van der Waals surface area contributed by atoms with Gasteiger partial charge in [-0.05, 0) is 12.1 Å². The first-order valence-corrected chi connectivity index (χ1v) is 5.90. The van der Waals surface area contributed by atoms with Crippen molar-refractivity contribution in [1.82, 2.24) is 15.0 Å². The standard InChI is InChI=1S/C12H11ClN4O2/c13-10-6-11(16-7-15-10)17-9(12(18)19)5-8-3-1-2-4-14-8/h1-4,6-7,9H,5H2,(H,18,19)(H,15,16,17)/t9-/m1/s1. The topological polar surface area (TPSA) is 88.0 Å². The van der Waals surface area contributed by atoms with E-state index in [1.54, 1.807) is 18.3 Å². The van der Waals surface area contributed by atoms with Crippen molar-refractivity contribution in [2.45, 2.75) is 12.5 Å². The lowest BCUT2D eigenvalue weighted by molar-refractivity contribution is -0.137. The van der Waals surface area contributed by atoms with Gasteiger partial charge >= 0.3 is 5.97 Å². The lowest BCUT2D eigenvalue weighted by Crippen LogP contribution is -2.32. The van der Waals surface area contributed by atoms with Crippen LogP contribution >= 0.6 is 11.6 Å². The first-order valence-electron chi connectivity index (χ1n) is 5.52. The van der Waals surface area contributed by atoms with Gasteiger partial charge in [-0.25, -0.2) is 14.8 Å². The van der Waals surface area contributed by atoms with Gasteiger partial charge in [0, 0.05) is 24.4 Å². The number of hydrogen-bond acceptors (Lipinski definition) is 5. The number of carboxylic acids is 1. The highest BCUT2D eigenvalue weighted by molar-refractivity contribution is 6.29. The van der Waals surface area contributed by atoms with Crippen LogP contribution in [0.5, 0.6) is 0 Å².